The molecule has 2 atom stereocenters. The van der Waals surface area contributed by atoms with Gasteiger partial charge >= 0.3 is 0 Å². The Morgan fingerprint density at radius 3 is 2.00 bits per heavy atom. The number of hydrogen-bond donors (Lipinski definition) is 1. The molecule has 1 N–H and O–H groups in total. The van der Waals surface area contributed by atoms with Crippen LogP contribution in [0.15, 0.2) is 0 Å². The van der Waals surface area contributed by atoms with Crippen molar-refractivity contribution in [3.05, 3.63) is 0 Å². The highest BCUT2D eigenvalue weighted by molar-refractivity contribution is 7.07. The van der Waals surface area contributed by atoms with E-state index >= 15 is 0 Å². The minimum Gasteiger partial charge on any atom is -0.313 e. The van der Waals surface area contributed by atoms with Crippen molar-refractivity contribution in [1.82, 2.24) is 9.88 Å². The fraction of sp³-hybridized carbons (Fsp3) is 1.00. The molecule has 2 unspecified atom stereocenters. The maximum Gasteiger partial charge on any atom is 0.217 e. The van der Waals surface area contributed by atoms with Gasteiger partial charge in [0, 0.05) is 0 Å². The molecule has 0 aromatic rings. The third kappa shape index (κ3) is 4.45. The molecule has 4 heteroatoms. The van der Waals surface area contributed by atoms with Gasteiger partial charge in [-0.05, 0) is 26.1 Å². The van der Waals surface area contributed by atoms with Crippen molar-refractivity contribution in [2.75, 3.05) is 14.1 Å². The van der Waals surface area contributed by atoms with Crippen LogP contribution in [0.2, 0.25) is 5.04 Å². The molecule has 0 fully saturated rings. The lowest BCUT2D eigenvalue weighted by molar-refractivity contribution is 0.298. The lowest BCUT2D eigenvalue weighted by Gasteiger charge is -2.30. The summed E-state index contributed by atoms with van der Waals surface area (Å²) in [6.45, 7) is 8.69. The van der Waals surface area contributed by atoms with Gasteiger partial charge in [-0.25, -0.2) is 0 Å². The normalized spacial score (nSPS) is 18.0. The van der Waals surface area contributed by atoms with Crippen LogP contribution in [0, 0.1) is 0 Å². The van der Waals surface area contributed by atoms with Gasteiger partial charge in [-0.3, -0.25) is 4.90 Å². The molecule has 0 aliphatic heterocycles. The Balaban J connectivity index is 3.93. The minimum atomic E-state index is -1.32. The van der Waals surface area contributed by atoms with E-state index in [1.807, 2.05) is 0 Å². The highest BCUT2D eigenvalue weighted by atomic mass is 35.6. The zero-order chi connectivity index (χ0) is 9.94. The summed E-state index contributed by atoms with van der Waals surface area (Å²) in [5, 5.41) is 0.242. The molecule has 0 aliphatic rings. The molecule has 0 bridgehead atoms. The second-order valence-electron chi connectivity index (χ2n) is 4.53. The van der Waals surface area contributed by atoms with E-state index in [9.17, 15) is 0 Å². The SMILES string of the molecule is CC(N[SiH](Cl)C(C)(C)C)N(C)C. The predicted molar refractivity (Wildman–Crippen MR) is 59.0 cm³/mol. The van der Waals surface area contributed by atoms with E-state index in [1.54, 1.807) is 0 Å². The Hall–Kier alpha value is 0.427. The van der Waals surface area contributed by atoms with Crippen molar-refractivity contribution >= 4 is 19.3 Å². The Labute approximate surface area is 82.7 Å². The second-order valence-corrected chi connectivity index (χ2v) is 8.63. The van der Waals surface area contributed by atoms with Gasteiger partial charge in [-0.1, -0.05) is 20.8 Å². The van der Waals surface area contributed by atoms with Crippen LogP contribution in [0.25, 0.3) is 0 Å². The molecule has 0 aromatic carbocycles. The molecular formula is C8H21ClN2Si. The molecule has 2 nitrogen and oxygen atoms in total. The summed E-state index contributed by atoms with van der Waals surface area (Å²) in [6.07, 6.45) is 0.374. The summed E-state index contributed by atoms with van der Waals surface area (Å²) in [5.74, 6) is 0. The predicted octanol–water partition coefficient (Wildman–Crippen LogP) is 1.74. The maximum atomic E-state index is 6.30. The van der Waals surface area contributed by atoms with Gasteiger partial charge in [-0.15, -0.1) is 11.1 Å². The lowest BCUT2D eigenvalue weighted by Crippen LogP contribution is -2.48. The van der Waals surface area contributed by atoms with Crippen molar-refractivity contribution in [3.63, 3.8) is 0 Å². The topological polar surface area (TPSA) is 15.3 Å². The van der Waals surface area contributed by atoms with E-state index in [2.05, 4.69) is 51.7 Å². The van der Waals surface area contributed by atoms with Gasteiger partial charge in [0.2, 0.25) is 8.27 Å². The first-order valence-corrected chi connectivity index (χ1v) is 7.21. The largest absolute Gasteiger partial charge is 0.313 e. The zero-order valence-electron chi connectivity index (χ0n) is 8.98. The van der Waals surface area contributed by atoms with Crippen molar-refractivity contribution < 1.29 is 0 Å². The van der Waals surface area contributed by atoms with E-state index in [0.717, 1.165) is 0 Å². The number of rotatable bonds is 3. The second kappa shape index (κ2) is 4.60. The van der Waals surface area contributed by atoms with E-state index in [-0.39, 0.29) is 5.04 Å². The van der Waals surface area contributed by atoms with Crippen LogP contribution in [0.3, 0.4) is 0 Å². The quantitative estimate of drug-likeness (QED) is 0.432. The number of halogens is 1. The molecule has 12 heavy (non-hydrogen) atoms. The molecule has 0 aromatic heterocycles. The first-order chi connectivity index (χ1) is 5.25. The van der Waals surface area contributed by atoms with Crippen molar-refractivity contribution in [1.29, 1.82) is 0 Å². The first kappa shape index (κ1) is 12.4. The summed E-state index contributed by atoms with van der Waals surface area (Å²) in [6, 6.07) is 0. The fourth-order valence-corrected chi connectivity index (χ4v) is 2.38. The third-order valence-corrected chi connectivity index (χ3v) is 6.56. The van der Waals surface area contributed by atoms with Gasteiger partial charge in [0.1, 0.15) is 0 Å². The molecule has 0 spiro atoms. The molecular weight excluding hydrogens is 188 g/mol. The Kier molecular flexibility index (Phi) is 4.77. The lowest BCUT2D eigenvalue weighted by atomic mass is 10.3. The number of nitrogens with zero attached hydrogens (tertiary/aromatic N) is 1. The monoisotopic (exact) mass is 208 g/mol. The average Bonchev–Trinajstić information content (AvgIpc) is 1.85. The summed E-state index contributed by atoms with van der Waals surface area (Å²) < 4.78 is 0. The molecule has 0 amide bonds. The van der Waals surface area contributed by atoms with Gasteiger partial charge in [0.15, 0.2) is 0 Å². The third-order valence-electron chi connectivity index (χ3n) is 1.92. The molecule has 0 saturated heterocycles. The standard InChI is InChI=1S/C8H21ClN2Si/c1-7(11(5)6)10-12(9)8(2,3)4/h7,10,12H,1-6H3. The Morgan fingerprint density at radius 1 is 1.33 bits per heavy atom. The average molecular weight is 209 g/mol. The van der Waals surface area contributed by atoms with E-state index in [4.69, 9.17) is 11.1 Å². The van der Waals surface area contributed by atoms with E-state index < -0.39 is 8.27 Å². The smallest absolute Gasteiger partial charge is 0.217 e. The van der Waals surface area contributed by atoms with Crippen LogP contribution in [-0.2, 0) is 0 Å². The zero-order valence-corrected chi connectivity index (χ0v) is 10.9. The molecule has 0 saturated carbocycles. The van der Waals surface area contributed by atoms with Gasteiger partial charge in [0.25, 0.3) is 0 Å². The van der Waals surface area contributed by atoms with Crippen molar-refractivity contribution in [3.8, 4) is 0 Å². The first-order valence-electron chi connectivity index (χ1n) is 4.31. The van der Waals surface area contributed by atoms with Gasteiger partial charge in [-0.2, -0.15) is 0 Å². The Morgan fingerprint density at radius 2 is 1.75 bits per heavy atom. The Bertz CT molecular complexity index is 134. The number of hydrogen-bond acceptors (Lipinski definition) is 2. The van der Waals surface area contributed by atoms with Crippen molar-refractivity contribution in [2.24, 2.45) is 0 Å². The molecule has 0 radical (unpaired) electrons. The summed E-state index contributed by atoms with van der Waals surface area (Å²) in [4.78, 5) is 5.58. The van der Waals surface area contributed by atoms with Crippen LogP contribution >= 0.6 is 11.1 Å². The highest BCUT2D eigenvalue weighted by Crippen LogP contribution is 2.27. The number of nitrogens with one attached hydrogen (secondary N) is 1. The molecule has 0 rings (SSSR count). The molecule has 0 aliphatic carbocycles. The van der Waals surface area contributed by atoms with Gasteiger partial charge in [0.05, 0.1) is 6.17 Å². The fourth-order valence-electron chi connectivity index (χ4n) is 0.611. The molecule has 0 heterocycles. The minimum absolute atomic E-state index is 0.242. The van der Waals surface area contributed by atoms with Crippen LogP contribution in [-0.4, -0.2) is 33.4 Å². The van der Waals surface area contributed by atoms with E-state index in [0.29, 0.717) is 6.17 Å². The summed E-state index contributed by atoms with van der Waals surface area (Å²) in [5.41, 5.74) is 0. The summed E-state index contributed by atoms with van der Waals surface area (Å²) in [7, 11) is 2.78. The summed E-state index contributed by atoms with van der Waals surface area (Å²) >= 11 is 6.30. The van der Waals surface area contributed by atoms with Crippen molar-refractivity contribution in [2.45, 2.75) is 38.9 Å². The van der Waals surface area contributed by atoms with Crippen LogP contribution in [0.4, 0.5) is 0 Å². The van der Waals surface area contributed by atoms with Crippen LogP contribution in [0.5, 0.6) is 0 Å². The highest BCUT2D eigenvalue weighted by Gasteiger charge is 2.26. The van der Waals surface area contributed by atoms with Gasteiger partial charge < -0.3 is 4.98 Å². The van der Waals surface area contributed by atoms with E-state index in [1.165, 1.54) is 0 Å². The maximum absolute atomic E-state index is 6.30. The van der Waals surface area contributed by atoms with Crippen LogP contribution in [0.1, 0.15) is 27.7 Å². The molecule has 74 valence electrons. The van der Waals surface area contributed by atoms with Crippen LogP contribution < -0.4 is 4.98 Å².